The minimum atomic E-state index is -0.214. The highest BCUT2D eigenvalue weighted by Crippen LogP contribution is 2.32. The van der Waals surface area contributed by atoms with Crippen LogP contribution in [0.5, 0.6) is 5.75 Å². The molecule has 180 valence electrons. The van der Waals surface area contributed by atoms with Crippen LogP contribution in [0.3, 0.4) is 0 Å². The Balaban J connectivity index is 2.19. The van der Waals surface area contributed by atoms with Crippen molar-refractivity contribution in [2.75, 3.05) is 20.8 Å². The van der Waals surface area contributed by atoms with Crippen molar-refractivity contribution in [3.63, 3.8) is 0 Å². The highest BCUT2D eigenvalue weighted by molar-refractivity contribution is 5.76. The number of esters is 1. The Morgan fingerprint density at radius 3 is 2.42 bits per heavy atom. The molecule has 0 saturated carbocycles. The number of nitrogens with zero attached hydrogens (tertiary/aromatic N) is 1. The highest BCUT2D eigenvalue weighted by atomic mass is 16.5. The number of methoxy groups -OCH3 is 1. The molecule has 0 aromatic heterocycles. The number of carbonyl (C=O) groups excluding carboxylic acids is 2. The topological polar surface area (TPSA) is 55.8 Å². The standard InChI is InChI=1S/C28H39NO4/c1-5-7-9-13-27(30)29(3)21-23-11-10-12-24(19-23)25-16-14-22(15-17-28(31)32-4)20-26(25)33-18-8-6-2/h10-12,14,16,19-20H,5-9,13,15,17-18,21H2,1-4H3. The van der Waals surface area contributed by atoms with Crippen LogP contribution in [0, 0.1) is 0 Å². The summed E-state index contributed by atoms with van der Waals surface area (Å²) < 4.78 is 10.9. The van der Waals surface area contributed by atoms with E-state index in [4.69, 9.17) is 9.47 Å². The quantitative estimate of drug-likeness (QED) is 0.253. The summed E-state index contributed by atoms with van der Waals surface area (Å²) in [7, 11) is 3.28. The molecule has 2 aromatic carbocycles. The molecule has 0 aliphatic rings. The first-order chi connectivity index (χ1) is 16.0. The van der Waals surface area contributed by atoms with Crippen molar-refractivity contribution in [2.45, 2.75) is 71.8 Å². The number of benzene rings is 2. The fraction of sp³-hybridized carbons (Fsp3) is 0.500. The average molecular weight is 454 g/mol. The SMILES string of the molecule is CCCCCC(=O)N(C)Cc1cccc(-c2ccc(CCC(=O)OC)cc2OCCCC)c1. The van der Waals surface area contributed by atoms with Crippen LogP contribution in [0.4, 0.5) is 0 Å². The maximum atomic E-state index is 12.4. The molecule has 0 heterocycles. The van der Waals surface area contributed by atoms with Crippen LogP contribution in [0.1, 0.15) is 69.9 Å². The second-order valence-electron chi connectivity index (χ2n) is 8.52. The zero-order valence-corrected chi connectivity index (χ0v) is 20.7. The lowest BCUT2D eigenvalue weighted by molar-refractivity contribution is -0.140. The smallest absolute Gasteiger partial charge is 0.305 e. The molecule has 0 radical (unpaired) electrons. The fourth-order valence-corrected chi connectivity index (χ4v) is 3.67. The molecule has 5 heteroatoms. The van der Waals surface area contributed by atoms with Gasteiger partial charge in [0.15, 0.2) is 0 Å². The molecule has 0 spiro atoms. The molecule has 33 heavy (non-hydrogen) atoms. The number of hydrogen-bond donors (Lipinski definition) is 0. The molecule has 0 fully saturated rings. The Morgan fingerprint density at radius 2 is 1.70 bits per heavy atom. The van der Waals surface area contributed by atoms with E-state index in [1.165, 1.54) is 7.11 Å². The van der Waals surface area contributed by atoms with Crippen LogP contribution in [-0.2, 0) is 27.3 Å². The molecule has 2 rings (SSSR count). The van der Waals surface area contributed by atoms with E-state index in [0.29, 0.717) is 32.4 Å². The predicted molar refractivity (Wildman–Crippen MR) is 133 cm³/mol. The monoisotopic (exact) mass is 453 g/mol. The van der Waals surface area contributed by atoms with Gasteiger partial charge in [-0.1, -0.05) is 63.4 Å². The van der Waals surface area contributed by atoms with Gasteiger partial charge in [0.05, 0.1) is 13.7 Å². The maximum Gasteiger partial charge on any atom is 0.305 e. The molecule has 0 bridgehead atoms. The summed E-state index contributed by atoms with van der Waals surface area (Å²) in [6.45, 7) is 5.52. The molecule has 0 aliphatic heterocycles. The average Bonchev–Trinajstić information content (AvgIpc) is 2.83. The van der Waals surface area contributed by atoms with E-state index in [9.17, 15) is 9.59 Å². The predicted octanol–water partition coefficient (Wildman–Crippen LogP) is 6.18. The summed E-state index contributed by atoms with van der Waals surface area (Å²) in [6, 6.07) is 14.4. The van der Waals surface area contributed by atoms with E-state index in [0.717, 1.165) is 60.1 Å². The molecule has 2 aromatic rings. The molecule has 0 aliphatic carbocycles. The summed E-state index contributed by atoms with van der Waals surface area (Å²) in [5, 5.41) is 0. The molecular formula is C28H39NO4. The van der Waals surface area contributed by atoms with E-state index in [1.54, 1.807) is 0 Å². The Hall–Kier alpha value is -2.82. The molecule has 1 amide bonds. The summed E-state index contributed by atoms with van der Waals surface area (Å²) in [6.07, 6.45) is 6.75. The minimum Gasteiger partial charge on any atom is -0.493 e. The van der Waals surface area contributed by atoms with Gasteiger partial charge in [-0.3, -0.25) is 9.59 Å². The lowest BCUT2D eigenvalue weighted by Gasteiger charge is -2.18. The number of unbranched alkanes of at least 4 members (excludes halogenated alkanes) is 3. The lowest BCUT2D eigenvalue weighted by atomic mass is 9.99. The lowest BCUT2D eigenvalue weighted by Crippen LogP contribution is -2.25. The van der Waals surface area contributed by atoms with Crippen LogP contribution in [-0.4, -0.2) is 37.5 Å². The number of aryl methyl sites for hydroxylation is 1. The summed E-state index contributed by atoms with van der Waals surface area (Å²) in [4.78, 5) is 25.8. The molecule has 0 saturated heterocycles. The zero-order chi connectivity index (χ0) is 24.1. The summed E-state index contributed by atoms with van der Waals surface area (Å²) in [5.74, 6) is 0.799. The third-order valence-electron chi connectivity index (χ3n) is 5.72. The van der Waals surface area contributed by atoms with Crippen molar-refractivity contribution in [1.29, 1.82) is 0 Å². The number of ether oxygens (including phenoxy) is 2. The first kappa shape index (κ1) is 26.4. The second-order valence-corrected chi connectivity index (χ2v) is 8.52. The summed E-state index contributed by atoms with van der Waals surface area (Å²) >= 11 is 0. The first-order valence-electron chi connectivity index (χ1n) is 12.1. The van der Waals surface area contributed by atoms with Crippen LogP contribution >= 0.6 is 0 Å². The van der Waals surface area contributed by atoms with E-state index >= 15 is 0 Å². The van der Waals surface area contributed by atoms with Crippen molar-refractivity contribution in [1.82, 2.24) is 4.90 Å². The molecule has 0 N–H and O–H groups in total. The van der Waals surface area contributed by atoms with Crippen molar-refractivity contribution < 1.29 is 19.1 Å². The van der Waals surface area contributed by atoms with Crippen molar-refractivity contribution in [3.8, 4) is 16.9 Å². The van der Waals surface area contributed by atoms with Gasteiger partial charge in [-0.25, -0.2) is 0 Å². The van der Waals surface area contributed by atoms with Crippen LogP contribution in [0.15, 0.2) is 42.5 Å². The molecule has 0 unspecified atom stereocenters. The van der Waals surface area contributed by atoms with Gasteiger partial charge in [0.1, 0.15) is 5.75 Å². The fourth-order valence-electron chi connectivity index (χ4n) is 3.67. The van der Waals surface area contributed by atoms with E-state index < -0.39 is 0 Å². The van der Waals surface area contributed by atoms with Gasteiger partial charge in [0.2, 0.25) is 5.91 Å². The Kier molecular flexibility index (Phi) is 11.5. The van der Waals surface area contributed by atoms with Crippen molar-refractivity contribution in [3.05, 3.63) is 53.6 Å². The van der Waals surface area contributed by atoms with Crippen LogP contribution in [0.25, 0.3) is 11.1 Å². The van der Waals surface area contributed by atoms with Gasteiger partial charge in [0.25, 0.3) is 0 Å². The van der Waals surface area contributed by atoms with Gasteiger partial charge < -0.3 is 14.4 Å². The maximum absolute atomic E-state index is 12.4. The Morgan fingerprint density at radius 1 is 0.909 bits per heavy atom. The third-order valence-corrected chi connectivity index (χ3v) is 5.72. The third kappa shape index (κ3) is 8.91. The zero-order valence-electron chi connectivity index (χ0n) is 20.7. The minimum absolute atomic E-state index is 0.187. The Bertz CT molecular complexity index is 893. The van der Waals surface area contributed by atoms with Crippen LogP contribution in [0.2, 0.25) is 0 Å². The molecular weight excluding hydrogens is 414 g/mol. The van der Waals surface area contributed by atoms with E-state index in [-0.39, 0.29) is 11.9 Å². The Labute approximate surface area is 199 Å². The molecule has 0 atom stereocenters. The second kappa shape index (κ2) is 14.4. The van der Waals surface area contributed by atoms with Crippen LogP contribution < -0.4 is 4.74 Å². The van der Waals surface area contributed by atoms with Gasteiger partial charge in [-0.2, -0.15) is 0 Å². The number of amides is 1. The number of rotatable bonds is 14. The number of hydrogen-bond acceptors (Lipinski definition) is 4. The van der Waals surface area contributed by atoms with E-state index in [1.807, 2.05) is 30.1 Å². The van der Waals surface area contributed by atoms with Gasteiger partial charge in [-0.05, 0) is 48.1 Å². The highest BCUT2D eigenvalue weighted by Gasteiger charge is 2.12. The summed E-state index contributed by atoms with van der Waals surface area (Å²) in [5.41, 5.74) is 4.22. The van der Waals surface area contributed by atoms with Crippen molar-refractivity contribution in [2.24, 2.45) is 0 Å². The van der Waals surface area contributed by atoms with Gasteiger partial charge >= 0.3 is 5.97 Å². The largest absolute Gasteiger partial charge is 0.493 e. The first-order valence-corrected chi connectivity index (χ1v) is 12.1. The molecule has 5 nitrogen and oxygen atoms in total. The van der Waals surface area contributed by atoms with Gasteiger partial charge in [0, 0.05) is 32.0 Å². The normalized spacial score (nSPS) is 10.7. The van der Waals surface area contributed by atoms with Gasteiger partial charge in [-0.15, -0.1) is 0 Å². The number of carbonyl (C=O) groups is 2. The van der Waals surface area contributed by atoms with Crippen molar-refractivity contribution >= 4 is 11.9 Å². The van der Waals surface area contributed by atoms with E-state index in [2.05, 4.69) is 38.1 Å².